The molecule has 4 aromatic rings. The summed E-state index contributed by atoms with van der Waals surface area (Å²) in [6.07, 6.45) is 5.46. The molecule has 0 bridgehead atoms. The minimum absolute atomic E-state index is 0.186. The molecule has 2 aliphatic heterocycles. The van der Waals surface area contributed by atoms with Crippen LogP contribution in [0.4, 0.5) is 0 Å². The zero-order valence-electron chi connectivity index (χ0n) is 20.1. The molecule has 1 aromatic heterocycles. The number of hydrogen-bond acceptors (Lipinski definition) is 7. The predicted octanol–water partition coefficient (Wildman–Crippen LogP) is 2.60. The van der Waals surface area contributed by atoms with Gasteiger partial charge in [0.25, 0.3) is 5.91 Å². The summed E-state index contributed by atoms with van der Waals surface area (Å²) >= 11 is 0. The lowest BCUT2D eigenvalue weighted by Gasteiger charge is -2.41. The first-order valence-corrected chi connectivity index (χ1v) is 12.0. The highest BCUT2D eigenvalue weighted by Crippen LogP contribution is 2.38. The molecule has 37 heavy (non-hydrogen) atoms. The molecule has 3 aromatic carbocycles. The summed E-state index contributed by atoms with van der Waals surface area (Å²) in [7, 11) is 1.61. The molecule has 1 fully saturated rings. The maximum absolute atomic E-state index is 13.7. The molecule has 0 radical (unpaired) electrons. The predicted molar refractivity (Wildman–Crippen MR) is 136 cm³/mol. The van der Waals surface area contributed by atoms with Crippen LogP contribution in [0.3, 0.4) is 0 Å². The lowest BCUT2D eigenvalue weighted by Crippen LogP contribution is -2.58. The van der Waals surface area contributed by atoms with E-state index < -0.39 is 24.1 Å². The molecule has 0 spiro atoms. The van der Waals surface area contributed by atoms with Crippen molar-refractivity contribution in [2.45, 2.75) is 24.7 Å². The number of benzene rings is 3. The number of amides is 2. The Bertz CT molecular complexity index is 1490. The van der Waals surface area contributed by atoms with Gasteiger partial charge in [0, 0.05) is 5.39 Å². The number of rotatable bonds is 6. The Morgan fingerprint density at radius 1 is 0.892 bits per heavy atom. The van der Waals surface area contributed by atoms with Gasteiger partial charge in [0.1, 0.15) is 30.5 Å². The van der Waals surface area contributed by atoms with Gasteiger partial charge in [0.15, 0.2) is 0 Å². The quantitative estimate of drug-likeness (QED) is 0.324. The molecular weight excluding hydrogens is 470 g/mol. The number of carbonyl (C=O) groups excluding carboxylic acids is 2. The highest BCUT2D eigenvalue weighted by Gasteiger charge is 2.53. The number of likely N-dealkylation sites (tertiary alicyclic amines) is 1. The Kier molecular flexibility index (Phi) is 5.69. The normalized spacial score (nSPS) is 21.9. The first-order valence-electron chi connectivity index (χ1n) is 12.0. The maximum Gasteiger partial charge on any atom is 0.255 e. The van der Waals surface area contributed by atoms with Crippen LogP contribution in [0, 0.1) is 5.92 Å². The van der Waals surface area contributed by atoms with E-state index in [4.69, 9.17) is 4.74 Å². The number of ether oxygens (including phenoxy) is 1. The van der Waals surface area contributed by atoms with Crippen LogP contribution in [0.2, 0.25) is 0 Å². The summed E-state index contributed by atoms with van der Waals surface area (Å²) in [4.78, 5) is 28.4. The van der Waals surface area contributed by atoms with Crippen molar-refractivity contribution in [3.63, 3.8) is 0 Å². The summed E-state index contributed by atoms with van der Waals surface area (Å²) < 4.78 is 7.10. The molecule has 6 rings (SSSR count). The molecule has 0 saturated carbocycles. The van der Waals surface area contributed by atoms with E-state index in [0.717, 1.165) is 16.3 Å². The Labute approximate surface area is 213 Å². The fourth-order valence-electron chi connectivity index (χ4n) is 5.41. The zero-order chi connectivity index (χ0) is 25.5. The van der Waals surface area contributed by atoms with Crippen LogP contribution >= 0.6 is 0 Å². The van der Waals surface area contributed by atoms with Crippen LogP contribution in [0.5, 0.6) is 5.75 Å². The van der Waals surface area contributed by atoms with Gasteiger partial charge in [-0.15, -0.1) is 10.2 Å². The second-order valence-electron chi connectivity index (χ2n) is 9.16. The number of nitrogens with zero attached hydrogens (tertiary/aromatic N) is 5. The van der Waals surface area contributed by atoms with Gasteiger partial charge in [-0.2, -0.15) is 0 Å². The van der Waals surface area contributed by atoms with Crippen molar-refractivity contribution in [1.82, 2.24) is 19.8 Å². The zero-order valence-corrected chi connectivity index (χ0v) is 20.1. The van der Waals surface area contributed by atoms with Crippen LogP contribution in [0.15, 0.2) is 91.5 Å². The number of aliphatic hydroxyl groups is 1. The Balaban J connectivity index is 1.41. The summed E-state index contributed by atoms with van der Waals surface area (Å²) in [6.45, 7) is 0.186. The van der Waals surface area contributed by atoms with E-state index >= 15 is 0 Å². The topological polar surface area (TPSA) is 101 Å². The highest BCUT2D eigenvalue weighted by atomic mass is 16.5. The van der Waals surface area contributed by atoms with Crippen LogP contribution in [-0.2, 0) is 16.1 Å². The van der Waals surface area contributed by atoms with Crippen molar-refractivity contribution in [1.29, 1.82) is 0 Å². The van der Waals surface area contributed by atoms with Crippen molar-refractivity contribution in [2.24, 2.45) is 5.92 Å². The number of methoxy groups -OCH3 is 1. The molecule has 2 aliphatic rings. The maximum atomic E-state index is 13.7. The van der Waals surface area contributed by atoms with E-state index in [0.29, 0.717) is 11.3 Å². The minimum Gasteiger partial charge on any atom is -0.496 e. The highest BCUT2D eigenvalue weighted by molar-refractivity contribution is 6.09. The summed E-state index contributed by atoms with van der Waals surface area (Å²) in [5.41, 5.74) is 1.55. The number of imide groups is 1. The number of aromatic nitrogens is 3. The Hall–Kier alpha value is -4.50. The smallest absolute Gasteiger partial charge is 0.255 e. The Morgan fingerprint density at radius 3 is 2.32 bits per heavy atom. The lowest BCUT2D eigenvalue weighted by atomic mass is 9.89. The van der Waals surface area contributed by atoms with Crippen molar-refractivity contribution in [3.8, 4) is 5.75 Å². The van der Waals surface area contributed by atoms with Crippen molar-refractivity contribution < 1.29 is 19.4 Å². The Morgan fingerprint density at radius 2 is 1.59 bits per heavy atom. The van der Waals surface area contributed by atoms with Crippen LogP contribution in [-0.4, -0.2) is 55.9 Å². The molecule has 9 nitrogen and oxygen atoms in total. The second-order valence-corrected chi connectivity index (χ2v) is 9.16. The molecule has 1 saturated heterocycles. The van der Waals surface area contributed by atoms with Gasteiger partial charge >= 0.3 is 0 Å². The fraction of sp³-hybridized carbons (Fsp3) is 0.214. The van der Waals surface area contributed by atoms with E-state index in [1.807, 2.05) is 66.7 Å². The van der Waals surface area contributed by atoms with Crippen molar-refractivity contribution in [2.75, 3.05) is 12.1 Å². The lowest BCUT2D eigenvalue weighted by molar-refractivity contribution is -0.139. The van der Waals surface area contributed by atoms with Gasteiger partial charge in [-0.3, -0.25) is 19.5 Å². The fourth-order valence-corrected chi connectivity index (χ4v) is 5.41. The molecule has 186 valence electrons. The van der Waals surface area contributed by atoms with Gasteiger partial charge in [0.2, 0.25) is 5.91 Å². The summed E-state index contributed by atoms with van der Waals surface area (Å²) in [5, 5.41) is 23.0. The van der Waals surface area contributed by atoms with E-state index in [2.05, 4.69) is 10.2 Å². The summed E-state index contributed by atoms with van der Waals surface area (Å²) in [6, 6.07) is 19.3. The SMILES string of the molecule is COc1ccc(C(O)C2C=CC3C(=O)N(Cc4ccccc4)C(=O)C3N2n2cnnc2)c2ccccc12. The van der Waals surface area contributed by atoms with Gasteiger partial charge < -0.3 is 9.84 Å². The second kappa shape index (κ2) is 9.18. The largest absolute Gasteiger partial charge is 0.496 e. The summed E-state index contributed by atoms with van der Waals surface area (Å²) in [5.74, 6) is -0.575. The van der Waals surface area contributed by atoms with Crippen molar-refractivity contribution >= 4 is 22.6 Å². The van der Waals surface area contributed by atoms with Crippen LogP contribution in [0.1, 0.15) is 17.2 Å². The molecular formula is C28H25N5O4. The third kappa shape index (κ3) is 3.75. The van der Waals surface area contributed by atoms with Gasteiger partial charge in [-0.25, -0.2) is 4.68 Å². The molecule has 4 unspecified atom stereocenters. The van der Waals surface area contributed by atoms with E-state index in [1.54, 1.807) is 28.9 Å². The number of aliphatic hydroxyl groups excluding tert-OH is 1. The average molecular weight is 496 g/mol. The number of hydrogen-bond donors (Lipinski definition) is 1. The van der Waals surface area contributed by atoms with Crippen LogP contribution in [0.25, 0.3) is 10.8 Å². The molecule has 1 N–H and O–H groups in total. The number of fused-ring (bicyclic) bond motifs is 2. The average Bonchev–Trinajstić information content (AvgIpc) is 3.56. The van der Waals surface area contributed by atoms with Gasteiger partial charge in [-0.1, -0.05) is 72.8 Å². The third-order valence-electron chi connectivity index (χ3n) is 7.15. The molecule has 9 heteroatoms. The monoisotopic (exact) mass is 495 g/mol. The third-order valence-corrected chi connectivity index (χ3v) is 7.15. The first kappa shape index (κ1) is 22.9. The minimum atomic E-state index is -1.03. The van der Waals surface area contributed by atoms with Gasteiger partial charge in [0.05, 0.1) is 25.6 Å². The molecule has 0 aliphatic carbocycles. The van der Waals surface area contributed by atoms with Crippen molar-refractivity contribution in [3.05, 3.63) is 103 Å². The number of carbonyl (C=O) groups is 2. The van der Waals surface area contributed by atoms with E-state index in [9.17, 15) is 14.7 Å². The van der Waals surface area contributed by atoms with E-state index in [-0.39, 0.29) is 18.4 Å². The first-order chi connectivity index (χ1) is 18.1. The standard InChI is InChI=1S/C28H25N5O4/c1-37-24-14-12-21(19-9-5-6-10-20(19)24)26(34)23-13-11-22-25(33(23)31-16-29-30-17-31)28(36)32(27(22)35)15-18-7-3-2-4-8-18/h2-14,16-17,22-23,25-26,34H,15H2,1H3. The molecule has 4 atom stereocenters. The molecule has 2 amide bonds. The van der Waals surface area contributed by atoms with E-state index in [1.165, 1.54) is 17.6 Å². The van der Waals surface area contributed by atoms with Gasteiger partial charge in [-0.05, 0) is 22.6 Å². The van der Waals surface area contributed by atoms with Crippen LogP contribution < -0.4 is 9.75 Å². The molecule has 3 heterocycles.